The largest absolute Gasteiger partial charge is 0.332 e. The maximum Gasteiger partial charge on any atom is 0.332 e. The number of fused-ring (bicyclic) bond motifs is 1. The van der Waals surface area contributed by atoms with Gasteiger partial charge < -0.3 is 4.57 Å². The molecule has 2 aromatic heterocycles. The van der Waals surface area contributed by atoms with E-state index in [1.165, 1.54) is 17.9 Å². The van der Waals surface area contributed by atoms with E-state index in [-0.39, 0.29) is 5.12 Å². The minimum absolute atomic E-state index is 0.0796. The van der Waals surface area contributed by atoms with Crippen LogP contribution in [0.4, 0.5) is 0 Å². The number of aryl methyl sites for hydroxylation is 1. The molecule has 0 amide bonds. The second-order valence-electron chi connectivity index (χ2n) is 4.49. The number of hydrogen-bond donors (Lipinski definition) is 0. The van der Waals surface area contributed by atoms with Gasteiger partial charge in [0.1, 0.15) is 0 Å². The molecule has 2 aromatic rings. The first-order valence-electron chi connectivity index (χ1n) is 6.23. The van der Waals surface area contributed by atoms with Crippen LogP contribution in [-0.4, -0.2) is 23.8 Å². The van der Waals surface area contributed by atoms with E-state index in [9.17, 15) is 14.4 Å². The van der Waals surface area contributed by atoms with Gasteiger partial charge in [-0.05, 0) is 6.42 Å². The number of carbonyl (C=O) groups excluding carboxylic acids is 1. The van der Waals surface area contributed by atoms with Crippen LogP contribution in [0.1, 0.15) is 19.8 Å². The topological polar surface area (TPSA) is 78.9 Å². The van der Waals surface area contributed by atoms with Gasteiger partial charge >= 0.3 is 5.69 Å². The van der Waals surface area contributed by atoms with E-state index in [2.05, 4.69) is 4.98 Å². The zero-order valence-electron chi connectivity index (χ0n) is 11.6. The summed E-state index contributed by atoms with van der Waals surface area (Å²) >= 11 is 1.15. The summed E-state index contributed by atoms with van der Waals surface area (Å²) in [6.07, 6.45) is 2.79. The lowest BCUT2D eigenvalue weighted by Crippen LogP contribution is -2.37. The Morgan fingerprint density at radius 2 is 2.00 bits per heavy atom. The first-order chi connectivity index (χ1) is 9.47. The van der Waals surface area contributed by atoms with Crippen LogP contribution in [0.3, 0.4) is 0 Å². The van der Waals surface area contributed by atoms with Crippen molar-refractivity contribution in [1.82, 2.24) is 18.7 Å². The van der Waals surface area contributed by atoms with E-state index in [1.54, 1.807) is 11.6 Å². The van der Waals surface area contributed by atoms with Crippen molar-refractivity contribution in [2.24, 2.45) is 14.1 Å². The fourth-order valence-corrected chi connectivity index (χ4v) is 2.74. The summed E-state index contributed by atoms with van der Waals surface area (Å²) in [7, 11) is 2.99. The van der Waals surface area contributed by atoms with Gasteiger partial charge in [0.05, 0.1) is 12.2 Å². The van der Waals surface area contributed by atoms with Gasteiger partial charge in [-0.3, -0.25) is 18.7 Å². The highest BCUT2D eigenvalue weighted by atomic mass is 32.2. The highest BCUT2D eigenvalue weighted by Crippen LogP contribution is 2.14. The SMILES string of the molecule is CCCC(=O)SCn1cnc2c1c(=O)n(C)c(=O)n2C. The maximum absolute atomic E-state index is 12.1. The first-order valence-corrected chi connectivity index (χ1v) is 7.22. The van der Waals surface area contributed by atoms with Crippen LogP contribution in [0, 0.1) is 0 Å². The second kappa shape index (κ2) is 5.66. The molecule has 0 spiro atoms. The number of thioether (sulfide) groups is 1. The zero-order valence-corrected chi connectivity index (χ0v) is 12.4. The molecule has 2 heterocycles. The Hall–Kier alpha value is -1.83. The molecule has 0 saturated carbocycles. The Balaban J connectivity index is 2.45. The van der Waals surface area contributed by atoms with Gasteiger partial charge in [0, 0.05) is 20.5 Å². The predicted octanol–water partition coefficient (Wildman–Crippen LogP) is 0.451. The van der Waals surface area contributed by atoms with Gasteiger partial charge in [-0.15, -0.1) is 0 Å². The van der Waals surface area contributed by atoms with E-state index in [1.807, 2.05) is 6.92 Å². The lowest BCUT2D eigenvalue weighted by molar-refractivity contribution is -0.111. The van der Waals surface area contributed by atoms with Crippen molar-refractivity contribution in [1.29, 1.82) is 0 Å². The third kappa shape index (κ3) is 2.43. The van der Waals surface area contributed by atoms with Crippen LogP contribution in [0.2, 0.25) is 0 Å². The fourth-order valence-electron chi connectivity index (χ4n) is 1.91. The molecular formula is C12H16N4O3S. The maximum atomic E-state index is 12.1. The third-order valence-electron chi connectivity index (χ3n) is 3.04. The fraction of sp³-hybridized carbons (Fsp3) is 0.500. The minimum atomic E-state index is -0.414. The van der Waals surface area contributed by atoms with Crippen LogP contribution < -0.4 is 11.2 Å². The summed E-state index contributed by atoms with van der Waals surface area (Å²) < 4.78 is 3.97. The number of hydrogen-bond acceptors (Lipinski definition) is 5. The zero-order chi connectivity index (χ0) is 14.9. The molecule has 0 atom stereocenters. The van der Waals surface area contributed by atoms with Crippen LogP contribution in [0.5, 0.6) is 0 Å². The molecule has 0 saturated heterocycles. The van der Waals surface area contributed by atoms with Gasteiger partial charge in [-0.2, -0.15) is 0 Å². The number of imidazole rings is 1. The summed E-state index contributed by atoms with van der Waals surface area (Å²) in [5, 5.41) is 0.0796. The summed E-state index contributed by atoms with van der Waals surface area (Å²) in [6.45, 7) is 1.94. The minimum Gasteiger partial charge on any atom is -0.314 e. The molecule has 0 aromatic carbocycles. The third-order valence-corrected chi connectivity index (χ3v) is 3.97. The van der Waals surface area contributed by atoms with Gasteiger partial charge in [-0.25, -0.2) is 9.78 Å². The molecule has 0 radical (unpaired) electrons. The van der Waals surface area contributed by atoms with Crippen LogP contribution in [-0.2, 0) is 24.8 Å². The summed E-state index contributed by atoms with van der Waals surface area (Å²) in [5.74, 6) is 0.322. The Bertz CT molecular complexity index is 771. The standard InChI is InChI=1S/C12H16N4O3S/c1-4-5-8(17)20-7-16-6-13-10-9(16)11(18)15(3)12(19)14(10)2/h6H,4-5,7H2,1-3H3. The van der Waals surface area contributed by atoms with Crippen molar-refractivity contribution < 1.29 is 4.79 Å². The van der Waals surface area contributed by atoms with Crippen LogP contribution in [0.25, 0.3) is 11.2 Å². The number of carbonyl (C=O) groups is 1. The Morgan fingerprint density at radius 3 is 2.65 bits per heavy atom. The number of nitrogens with zero attached hydrogens (tertiary/aromatic N) is 4. The lowest BCUT2D eigenvalue weighted by Gasteiger charge is -2.05. The molecule has 0 aliphatic rings. The average Bonchev–Trinajstić information content (AvgIpc) is 2.85. The summed E-state index contributed by atoms with van der Waals surface area (Å²) in [4.78, 5) is 39.6. The van der Waals surface area contributed by atoms with E-state index in [0.717, 1.165) is 22.7 Å². The van der Waals surface area contributed by atoms with Crippen molar-refractivity contribution in [3.8, 4) is 0 Å². The molecule has 0 bridgehead atoms. The molecule has 2 rings (SSSR count). The molecule has 108 valence electrons. The first kappa shape index (κ1) is 14.6. The van der Waals surface area contributed by atoms with Crippen molar-refractivity contribution >= 4 is 28.0 Å². The Morgan fingerprint density at radius 1 is 1.30 bits per heavy atom. The number of rotatable bonds is 4. The Kier molecular flexibility index (Phi) is 4.12. The second-order valence-corrected chi connectivity index (χ2v) is 5.49. The molecular weight excluding hydrogens is 280 g/mol. The van der Waals surface area contributed by atoms with Gasteiger partial charge in [-0.1, -0.05) is 18.7 Å². The van der Waals surface area contributed by atoms with Crippen molar-refractivity contribution in [3.63, 3.8) is 0 Å². The van der Waals surface area contributed by atoms with Gasteiger partial charge in [0.2, 0.25) is 0 Å². The lowest BCUT2D eigenvalue weighted by atomic mass is 10.4. The van der Waals surface area contributed by atoms with Crippen molar-refractivity contribution in [2.75, 3.05) is 0 Å². The smallest absolute Gasteiger partial charge is 0.314 e. The quantitative estimate of drug-likeness (QED) is 0.818. The molecule has 0 fully saturated rings. The molecule has 0 N–H and O–H groups in total. The average molecular weight is 296 g/mol. The monoisotopic (exact) mass is 296 g/mol. The predicted molar refractivity (Wildman–Crippen MR) is 77.7 cm³/mol. The number of aromatic nitrogens is 4. The van der Waals surface area contributed by atoms with E-state index in [0.29, 0.717) is 23.5 Å². The van der Waals surface area contributed by atoms with E-state index in [4.69, 9.17) is 0 Å². The van der Waals surface area contributed by atoms with Crippen molar-refractivity contribution in [2.45, 2.75) is 25.6 Å². The van der Waals surface area contributed by atoms with E-state index >= 15 is 0 Å². The van der Waals surface area contributed by atoms with Crippen LogP contribution >= 0.6 is 11.8 Å². The summed E-state index contributed by atoms with van der Waals surface area (Å²) in [6, 6.07) is 0. The van der Waals surface area contributed by atoms with Gasteiger partial charge in [0.25, 0.3) is 5.56 Å². The highest BCUT2D eigenvalue weighted by Gasteiger charge is 2.14. The molecule has 0 unspecified atom stereocenters. The normalized spacial score (nSPS) is 11.2. The van der Waals surface area contributed by atoms with Crippen LogP contribution in [0.15, 0.2) is 15.9 Å². The molecule has 7 nitrogen and oxygen atoms in total. The molecule has 20 heavy (non-hydrogen) atoms. The molecule has 0 aliphatic carbocycles. The molecule has 8 heteroatoms. The highest BCUT2D eigenvalue weighted by molar-refractivity contribution is 8.12. The summed E-state index contributed by atoms with van der Waals surface area (Å²) in [5.41, 5.74) is -0.139. The van der Waals surface area contributed by atoms with E-state index < -0.39 is 11.2 Å². The molecule has 0 aliphatic heterocycles. The van der Waals surface area contributed by atoms with Crippen molar-refractivity contribution in [3.05, 3.63) is 27.2 Å². The van der Waals surface area contributed by atoms with Gasteiger partial charge in [0.15, 0.2) is 16.3 Å². The Labute approximate surface area is 119 Å².